The number of hydrogen-bond donors (Lipinski definition) is 0. The van der Waals surface area contributed by atoms with Gasteiger partial charge in [0.25, 0.3) is 0 Å². The van der Waals surface area contributed by atoms with Crippen LogP contribution in [0, 0.1) is 12.3 Å². The van der Waals surface area contributed by atoms with E-state index in [1.807, 2.05) is 24.7 Å². The Balaban J connectivity index is 1.24. The van der Waals surface area contributed by atoms with E-state index in [1.54, 1.807) is 6.20 Å². The minimum absolute atomic E-state index is 0.00202. The molecule has 4 saturated carbocycles. The lowest BCUT2D eigenvalue weighted by atomic mass is 9.34. The molecule has 0 N–H and O–H groups in total. The van der Waals surface area contributed by atoms with E-state index in [0.29, 0.717) is 35.1 Å². The van der Waals surface area contributed by atoms with Gasteiger partial charge in [-0.3, -0.25) is 4.68 Å². The maximum absolute atomic E-state index is 13.6. The van der Waals surface area contributed by atoms with Gasteiger partial charge in [0.2, 0.25) is 0 Å². The summed E-state index contributed by atoms with van der Waals surface area (Å²) in [7, 11) is 0. The molecule has 3 atom stereocenters. The lowest BCUT2D eigenvalue weighted by molar-refractivity contribution is -0.337. The van der Waals surface area contributed by atoms with E-state index >= 15 is 0 Å². The molecular weight excluding hydrogens is 457 g/mol. The quantitative estimate of drug-likeness (QED) is 0.502. The first-order valence-electron chi connectivity index (χ1n) is 12.4. The van der Waals surface area contributed by atoms with Crippen LogP contribution in [0.4, 0.5) is 13.2 Å². The second-order valence-corrected chi connectivity index (χ2v) is 11.3. The van der Waals surface area contributed by atoms with Crippen LogP contribution in [-0.4, -0.2) is 42.0 Å². The van der Waals surface area contributed by atoms with Crippen molar-refractivity contribution in [3.8, 4) is 0 Å². The molecule has 1 aliphatic heterocycles. The maximum atomic E-state index is 13.6. The Kier molecular flexibility index (Phi) is 4.32. The molecule has 35 heavy (non-hydrogen) atoms. The molecule has 0 aromatic carbocycles. The number of aryl methyl sites for hydroxylation is 1. The summed E-state index contributed by atoms with van der Waals surface area (Å²) in [5, 5.41) is 4.52. The predicted molar refractivity (Wildman–Crippen MR) is 120 cm³/mol. The summed E-state index contributed by atoms with van der Waals surface area (Å²) in [5.74, 6) is 0.662. The zero-order valence-corrected chi connectivity index (χ0v) is 19.7. The smallest absolute Gasteiger partial charge is 0.370 e. The number of hydrogen-bond acceptors (Lipinski definition) is 6. The van der Waals surface area contributed by atoms with Gasteiger partial charge >= 0.3 is 6.18 Å². The molecule has 184 valence electrons. The molecule has 4 heterocycles. The van der Waals surface area contributed by atoms with Crippen molar-refractivity contribution in [2.45, 2.75) is 94.6 Å². The molecule has 0 amide bonds. The Bertz CT molecular complexity index is 1310. The molecule has 5 fully saturated rings. The third-order valence-corrected chi connectivity index (χ3v) is 8.47. The molecule has 10 heteroatoms. The van der Waals surface area contributed by atoms with E-state index in [4.69, 9.17) is 14.7 Å². The Morgan fingerprint density at radius 2 is 1.83 bits per heavy atom. The summed E-state index contributed by atoms with van der Waals surface area (Å²) in [6.07, 6.45) is 5.34. The van der Waals surface area contributed by atoms with Crippen LogP contribution in [0.1, 0.15) is 92.7 Å². The van der Waals surface area contributed by atoms with Gasteiger partial charge in [0.15, 0.2) is 5.65 Å². The average Bonchev–Trinajstić information content (AvgIpc) is 3.46. The highest BCUT2D eigenvalue weighted by Crippen LogP contribution is 2.78. The minimum Gasteiger partial charge on any atom is -0.370 e. The zero-order valence-electron chi connectivity index (χ0n) is 19.7. The molecule has 7 nitrogen and oxygen atoms in total. The van der Waals surface area contributed by atoms with E-state index in [-0.39, 0.29) is 37.4 Å². The fraction of sp³-hybridized carbons (Fsp3) is 0.640. The Morgan fingerprint density at radius 3 is 2.54 bits per heavy atom. The molecule has 1 saturated heterocycles. The van der Waals surface area contributed by atoms with Gasteiger partial charge in [-0.25, -0.2) is 19.9 Å². The van der Waals surface area contributed by atoms with Crippen LogP contribution in [0.3, 0.4) is 0 Å². The summed E-state index contributed by atoms with van der Waals surface area (Å²) in [5.41, 5.74) is 1.32. The van der Waals surface area contributed by atoms with Gasteiger partial charge in [0.1, 0.15) is 11.3 Å². The van der Waals surface area contributed by atoms with Crippen LogP contribution >= 0.6 is 0 Å². The standard InChI is InChI=1S/C25H27F3N6O/c1-13-7-29-19-20(23-10-24(11-23,12-23)25(26,27)28)32-21(33-22(19)31-13)15-5-14(2)35-18(6-15)16-8-30-34(9-16)17-3-4-17/h7-9,14-15,17-18H,3-6,10-12H2,1-2H3/t14-,15-,18+,23?,24?/m1/s1. The van der Waals surface area contributed by atoms with Crippen LogP contribution in [0.2, 0.25) is 0 Å². The average molecular weight is 485 g/mol. The minimum atomic E-state index is -4.17. The van der Waals surface area contributed by atoms with E-state index in [2.05, 4.69) is 21.3 Å². The first-order valence-corrected chi connectivity index (χ1v) is 12.4. The molecule has 4 aliphatic carbocycles. The van der Waals surface area contributed by atoms with Gasteiger partial charge in [0, 0.05) is 29.3 Å². The highest BCUT2D eigenvalue weighted by Gasteiger charge is 2.79. The highest BCUT2D eigenvalue weighted by molar-refractivity contribution is 5.75. The van der Waals surface area contributed by atoms with Crippen molar-refractivity contribution < 1.29 is 17.9 Å². The largest absolute Gasteiger partial charge is 0.394 e. The monoisotopic (exact) mass is 484 g/mol. The summed E-state index contributed by atoms with van der Waals surface area (Å²) < 4.78 is 49.0. The second kappa shape index (κ2) is 6.99. The number of aromatic nitrogens is 6. The van der Waals surface area contributed by atoms with Crippen LogP contribution in [0.5, 0.6) is 0 Å². The van der Waals surface area contributed by atoms with Gasteiger partial charge in [-0.2, -0.15) is 18.3 Å². The van der Waals surface area contributed by atoms with Crippen LogP contribution in [-0.2, 0) is 10.2 Å². The Morgan fingerprint density at radius 1 is 1.06 bits per heavy atom. The van der Waals surface area contributed by atoms with E-state index in [0.717, 1.165) is 30.5 Å². The number of nitrogens with zero attached hydrogens (tertiary/aromatic N) is 6. The normalized spacial score (nSPS) is 34.5. The van der Waals surface area contributed by atoms with E-state index in [1.165, 1.54) is 0 Å². The van der Waals surface area contributed by atoms with Gasteiger partial charge in [-0.05, 0) is 58.8 Å². The van der Waals surface area contributed by atoms with Gasteiger partial charge < -0.3 is 4.74 Å². The lowest BCUT2D eigenvalue weighted by Gasteiger charge is -2.70. The molecular formula is C25H27F3N6O. The third-order valence-electron chi connectivity index (χ3n) is 8.47. The number of rotatable bonds is 4. The lowest BCUT2D eigenvalue weighted by Crippen LogP contribution is -2.70. The Hall–Kier alpha value is -2.62. The van der Waals surface area contributed by atoms with Crippen molar-refractivity contribution in [2.24, 2.45) is 5.41 Å². The summed E-state index contributed by atoms with van der Waals surface area (Å²) in [6.45, 7) is 3.89. The maximum Gasteiger partial charge on any atom is 0.394 e. The van der Waals surface area contributed by atoms with Crippen LogP contribution < -0.4 is 0 Å². The summed E-state index contributed by atoms with van der Waals surface area (Å²) in [4.78, 5) is 18.9. The highest BCUT2D eigenvalue weighted by atomic mass is 19.4. The number of halogens is 3. The topological polar surface area (TPSA) is 78.6 Å². The fourth-order valence-electron chi connectivity index (χ4n) is 6.53. The third kappa shape index (κ3) is 3.24. The van der Waals surface area contributed by atoms with Crippen molar-refractivity contribution in [3.63, 3.8) is 0 Å². The van der Waals surface area contributed by atoms with Crippen molar-refractivity contribution in [1.82, 2.24) is 29.7 Å². The van der Waals surface area contributed by atoms with Gasteiger partial charge in [0.05, 0.1) is 41.2 Å². The summed E-state index contributed by atoms with van der Waals surface area (Å²) >= 11 is 0. The van der Waals surface area contributed by atoms with Crippen LogP contribution in [0.25, 0.3) is 11.2 Å². The Labute approximate surface area is 200 Å². The van der Waals surface area contributed by atoms with Crippen molar-refractivity contribution >= 4 is 11.2 Å². The molecule has 0 spiro atoms. The van der Waals surface area contributed by atoms with Gasteiger partial charge in [-0.1, -0.05) is 0 Å². The number of ether oxygens (including phenoxy) is 1. The number of fused-ring (bicyclic) bond motifs is 1. The second-order valence-electron chi connectivity index (χ2n) is 11.3. The molecule has 5 aliphatic rings. The fourth-order valence-corrected chi connectivity index (χ4v) is 6.53. The molecule has 3 aromatic heterocycles. The molecule has 0 radical (unpaired) electrons. The van der Waals surface area contributed by atoms with E-state index in [9.17, 15) is 13.2 Å². The predicted octanol–water partition coefficient (Wildman–Crippen LogP) is 5.27. The number of alkyl halides is 3. The van der Waals surface area contributed by atoms with Crippen molar-refractivity contribution in [1.29, 1.82) is 0 Å². The zero-order chi connectivity index (χ0) is 24.2. The van der Waals surface area contributed by atoms with E-state index < -0.39 is 17.0 Å². The molecule has 0 unspecified atom stereocenters. The van der Waals surface area contributed by atoms with Crippen LogP contribution in [0.15, 0.2) is 18.6 Å². The van der Waals surface area contributed by atoms with Crippen molar-refractivity contribution in [2.75, 3.05) is 0 Å². The van der Waals surface area contributed by atoms with Gasteiger partial charge in [-0.15, -0.1) is 0 Å². The molecule has 8 rings (SSSR count). The first kappa shape index (κ1) is 21.6. The summed E-state index contributed by atoms with van der Waals surface area (Å²) in [6, 6.07) is 0.502. The molecule has 3 aromatic rings. The first-order chi connectivity index (χ1) is 16.6. The van der Waals surface area contributed by atoms with Crippen molar-refractivity contribution in [3.05, 3.63) is 41.4 Å². The SMILES string of the molecule is Cc1cnc2c(C34CC(C(F)(F)F)(C3)C4)nc([C@@H]3C[C@@H](C)O[C@H](c4cnn(C5CC5)c4)C3)nc2n1. The molecule has 2 bridgehead atoms.